The first kappa shape index (κ1) is 18.0. The number of nitrogen functional groups attached to an aromatic ring is 2. The number of anilines is 2. The van der Waals surface area contributed by atoms with Crippen molar-refractivity contribution < 1.29 is 16.8 Å². The monoisotopic (exact) mass is 388 g/mol. The van der Waals surface area contributed by atoms with Crippen LogP contribution in [0.5, 0.6) is 0 Å². The van der Waals surface area contributed by atoms with Crippen molar-refractivity contribution in [2.75, 3.05) is 11.5 Å². The molecule has 0 atom stereocenters. The highest BCUT2D eigenvalue weighted by molar-refractivity contribution is 7.92. The average molecular weight is 388 g/mol. The van der Waals surface area contributed by atoms with Crippen molar-refractivity contribution in [3.63, 3.8) is 0 Å². The summed E-state index contributed by atoms with van der Waals surface area (Å²) in [6.07, 6.45) is 0. The zero-order valence-corrected chi connectivity index (χ0v) is 15.2. The lowest BCUT2D eigenvalue weighted by Crippen LogP contribution is -2.07. The van der Waals surface area contributed by atoms with E-state index in [2.05, 4.69) is 0 Å². The maximum Gasteiger partial charge on any atom is 0.208 e. The van der Waals surface area contributed by atoms with E-state index < -0.39 is 19.7 Å². The van der Waals surface area contributed by atoms with Gasteiger partial charge in [-0.1, -0.05) is 12.1 Å². The number of sulfone groups is 2. The first-order valence-electron chi connectivity index (χ1n) is 7.53. The molecule has 4 N–H and O–H groups in total. The minimum absolute atomic E-state index is 0.0118. The van der Waals surface area contributed by atoms with Crippen molar-refractivity contribution in [1.29, 1.82) is 0 Å². The number of rotatable bonds is 4. The van der Waals surface area contributed by atoms with Gasteiger partial charge in [0.05, 0.1) is 25.3 Å². The number of para-hydroxylation sites is 1. The molecule has 0 radical (unpaired) electrons. The van der Waals surface area contributed by atoms with Crippen LogP contribution in [0.1, 0.15) is 0 Å². The molecule has 0 bridgehead atoms. The molecular weight excluding hydrogens is 372 g/mol. The van der Waals surface area contributed by atoms with Crippen LogP contribution in [-0.4, -0.2) is 16.8 Å². The van der Waals surface area contributed by atoms with Gasteiger partial charge in [-0.15, -0.1) is 0 Å². The van der Waals surface area contributed by atoms with Crippen LogP contribution in [0.2, 0.25) is 0 Å². The Kier molecular flexibility index (Phi) is 4.47. The van der Waals surface area contributed by atoms with Gasteiger partial charge in [0.15, 0.2) is 0 Å². The summed E-state index contributed by atoms with van der Waals surface area (Å²) in [5.74, 6) is 0. The summed E-state index contributed by atoms with van der Waals surface area (Å²) >= 11 is 0. The molecule has 0 amide bonds. The molecule has 0 unspecified atom stereocenters. The second-order valence-corrected chi connectivity index (χ2v) is 9.45. The van der Waals surface area contributed by atoms with Gasteiger partial charge in [-0.25, -0.2) is 16.8 Å². The highest BCUT2D eigenvalue weighted by Gasteiger charge is 2.22. The molecule has 0 fully saturated rings. The van der Waals surface area contributed by atoms with Crippen molar-refractivity contribution in [1.82, 2.24) is 0 Å². The normalized spacial score (nSPS) is 12.0. The Labute approximate surface area is 151 Å². The predicted octanol–water partition coefficient (Wildman–Crippen LogP) is 2.52. The zero-order chi connectivity index (χ0) is 18.9. The minimum Gasteiger partial charge on any atom is -0.399 e. The van der Waals surface area contributed by atoms with Gasteiger partial charge in [-0.3, -0.25) is 0 Å². The fourth-order valence-electron chi connectivity index (χ4n) is 2.43. The molecule has 3 rings (SSSR count). The zero-order valence-electron chi connectivity index (χ0n) is 13.5. The maximum atomic E-state index is 12.7. The Hall–Kier alpha value is -2.84. The molecule has 3 aromatic carbocycles. The van der Waals surface area contributed by atoms with Gasteiger partial charge in [0, 0.05) is 5.69 Å². The van der Waals surface area contributed by atoms with E-state index in [9.17, 15) is 16.8 Å². The van der Waals surface area contributed by atoms with Crippen LogP contribution in [0.25, 0.3) is 0 Å². The van der Waals surface area contributed by atoms with Crippen LogP contribution < -0.4 is 11.5 Å². The lowest BCUT2D eigenvalue weighted by Gasteiger charge is -2.09. The molecule has 0 saturated carbocycles. The van der Waals surface area contributed by atoms with E-state index in [0.29, 0.717) is 5.69 Å². The van der Waals surface area contributed by atoms with E-state index in [1.165, 1.54) is 60.7 Å². The Balaban J connectivity index is 2.01. The standard InChI is InChI=1S/C18H16N2O4S2/c19-13-5-7-14(8-6-13)25(21,22)15-9-11-16(12-10-15)26(23,24)18-4-2-1-3-17(18)20/h1-12H,19-20H2. The Morgan fingerprint density at radius 2 is 0.962 bits per heavy atom. The summed E-state index contributed by atoms with van der Waals surface area (Å²) in [6, 6.07) is 16.9. The number of nitrogens with two attached hydrogens (primary N) is 2. The van der Waals surface area contributed by atoms with E-state index >= 15 is 0 Å². The van der Waals surface area contributed by atoms with Gasteiger partial charge in [0.2, 0.25) is 19.7 Å². The van der Waals surface area contributed by atoms with Crippen molar-refractivity contribution in [2.24, 2.45) is 0 Å². The van der Waals surface area contributed by atoms with Gasteiger partial charge in [0.25, 0.3) is 0 Å². The quantitative estimate of drug-likeness (QED) is 0.663. The van der Waals surface area contributed by atoms with Gasteiger partial charge in [-0.05, 0) is 60.7 Å². The lowest BCUT2D eigenvalue weighted by molar-refractivity contribution is 0.592. The third-order valence-electron chi connectivity index (χ3n) is 3.84. The van der Waals surface area contributed by atoms with Crippen LogP contribution in [-0.2, 0) is 19.7 Å². The topological polar surface area (TPSA) is 120 Å². The molecule has 0 aliphatic rings. The average Bonchev–Trinajstić information content (AvgIpc) is 2.62. The number of hydrogen-bond donors (Lipinski definition) is 2. The van der Waals surface area contributed by atoms with E-state index in [1.807, 2.05) is 0 Å². The second-order valence-electron chi connectivity index (χ2n) is 5.59. The molecule has 8 heteroatoms. The molecule has 134 valence electrons. The molecule has 0 spiro atoms. The van der Waals surface area contributed by atoms with E-state index in [0.717, 1.165) is 0 Å². The molecular formula is C18H16N2O4S2. The summed E-state index contributed by atoms with van der Waals surface area (Å²) < 4.78 is 50.6. The maximum absolute atomic E-state index is 12.7. The van der Waals surface area contributed by atoms with Gasteiger partial charge >= 0.3 is 0 Å². The summed E-state index contributed by atoms with van der Waals surface area (Å²) in [5, 5.41) is 0. The molecule has 0 saturated heterocycles. The van der Waals surface area contributed by atoms with Gasteiger partial charge < -0.3 is 11.5 Å². The number of hydrogen-bond acceptors (Lipinski definition) is 6. The van der Waals surface area contributed by atoms with Gasteiger partial charge in [0.1, 0.15) is 0 Å². The molecule has 6 nitrogen and oxygen atoms in total. The Morgan fingerprint density at radius 3 is 1.46 bits per heavy atom. The predicted molar refractivity (Wildman–Crippen MR) is 99.1 cm³/mol. The van der Waals surface area contributed by atoms with E-state index in [-0.39, 0.29) is 25.3 Å². The minimum atomic E-state index is -3.84. The van der Waals surface area contributed by atoms with Crippen LogP contribution >= 0.6 is 0 Å². The summed E-state index contributed by atoms with van der Waals surface area (Å²) in [5.41, 5.74) is 11.9. The van der Waals surface area contributed by atoms with Crippen LogP contribution in [0, 0.1) is 0 Å². The van der Waals surface area contributed by atoms with Crippen LogP contribution in [0.15, 0.2) is 92.4 Å². The van der Waals surface area contributed by atoms with Crippen molar-refractivity contribution in [2.45, 2.75) is 19.6 Å². The molecule has 0 aliphatic heterocycles. The smallest absolute Gasteiger partial charge is 0.208 e. The molecule has 26 heavy (non-hydrogen) atoms. The van der Waals surface area contributed by atoms with E-state index in [1.54, 1.807) is 12.1 Å². The third kappa shape index (κ3) is 3.16. The summed E-state index contributed by atoms with van der Waals surface area (Å²) in [4.78, 5) is 0.0117. The molecule has 0 aromatic heterocycles. The first-order chi connectivity index (χ1) is 12.2. The van der Waals surface area contributed by atoms with E-state index in [4.69, 9.17) is 11.5 Å². The largest absolute Gasteiger partial charge is 0.399 e. The van der Waals surface area contributed by atoms with Crippen molar-refractivity contribution >= 4 is 31.0 Å². The number of benzene rings is 3. The lowest BCUT2D eigenvalue weighted by atomic mass is 10.3. The second kappa shape index (κ2) is 6.47. The third-order valence-corrected chi connectivity index (χ3v) is 7.47. The molecule has 0 heterocycles. The molecule has 3 aromatic rings. The SMILES string of the molecule is Nc1ccc(S(=O)(=O)c2ccc(S(=O)(=O)c3ccccc3N)cc2)cc1. The summed E-state index contributed by atoms with van der Waals surface area (Å²) in [7, 11) is -7.60. The van der Waals surface area contributed by atoms with Crippen LogP contribution in [0.3, 0.4) is 0 Å². The molecule has 0 aliphatic carbocycles. The Morgan fingerprint density at radius 1 is 0.538 bits per heavy atom. The van der Waals surface area contributed by atoms with Crippen molar-refractivity contribution in [3.8, 4) is 0 Å². The van der Waals surface area contributed by atoms with Crippen LogP contribution in [0.4, 0.5) is 11.4 Å². The highest BCUT2D eigenvalue weighted by Crippen LogP contribution is 2.28. The highest BCUT2D eigenvalue weighted by atomic mass is 32.2. The fourth-order valence-corrected chi connectivity index (χ4v) is 5.08. The first-order valence-corrected chi connectivity index (χ1v) is 10.5. The fraction of sp³-hybridized carbons (Fsp3) is 0. The van der Waals surface area contributed by atoms with Gasteiger partial charge in [-0.2, -0.15) is 0 Å². The summed E-state index contributed by atoms with van der Waals surface area (Å²) in [6.45, 7) is 0. The Bertz CT molecular complexity index is 1150. The van der Waals surface area contributed by atoms with Crippen molar-refractivity contribution in [3.05, 3.63) is 72.8 Å².